The van der Waals surface area contributed by atoms with Gasteiger partial charge in [0.1, 0.15) is 21.9 Å². The van der Waals surface area contributed by atoms with Crippen LogP contribution in [0, 0.1) is 0 Å². The summed E-state index contributed by atoms with van der Waals surface area (Å²) in [6.45, 7) is 0. The van der Waals surface area contributed by atoms with Crippen molar-refractivity contribution in [3.8, 4) is 11.5 Å². The Morgan fingerprint density at radius 3 is 2.32 bits per heavy atom. The van der Waals surface area contributed by atoms with Gasteiger partial charge in [0.15, 0.2) is 0 Å². The number of rotatable bonds is 6. The number of nitrogens with two attached hydrogens (primary N) is 1. The van der Waals surface area contributed by atoms with Gasteiger partial charge in [-0.25, -0.2) is 0 Å². The molecule has 1 fully saturated rings. The third kappa shape index (κ3) is 5.19. The Morgan fingerprint density at radius 1 is 1.18 bits per heavy atom. The third-order valence-corrected chi connectivity index (χ3v) is 5.10. The van der Waals surface area contributed by atoms with Gasteiger partial charge in [-0.2, -0.15) is 0 Å². The number of thiocarbonyl (C=S) groups is 1. The maximum Gasteiger partial charge on any atom is 0.322 e. The van der Waals surface area contributed by atoms with Gasteiger partial charge < -0.3 is 20.5 Å². The summed E-state index contributed by atoms with van der Waals surface area (Å²) < 4.78 is 10.9. The van der Waals surface area contributed by atoms with Crippen LogP contribution in [-0.4, -0.2) is 29.3 Å². The van der Waals surface area contributed by atoms with Crippen molar-refractivity contribution in [2.24, 2.45) is 5.73 Å². The highest BCUT2D eigenvalue weighted by Crippen LogP contribution is 2.27. The van der Waals surface area contributed by atoms with Crippen LogP contribution in [0.1, 0.15) is 11.1 Å². The van der Waals surface area contributed by atoms with Crippen LogP contribution in [0.3, 0.4) is 0 Å². The Labute approximate surface area is 172 Å². The first kappa shape index (κ1) is 20.1. The SMILES string of the molecule is COC(=O)C(N)Cc1ccc(Oc2ccc(/C=C3\SC(=S)NC3=O)cc2)cc1. The van der Waals surface area contributed by atoms with Crippen LogP contribution < -0.4 is 15.8 Å². The summed E-state index contributed by atoms with van der Waals surface area (Å²) in [5.74, 6) is 0.714. The largest absolute Gasteiger partial charge is 0.468 e. The molecule has 0 bridgehead atoms. The number of benzene rings is 2. The van der Waals surface area contributed by atoms with Gasteiger partial charge in [0, 0.05) is 0 Å². The summed E-state index contributed by atoms with van der Waals surface area (Å²) in [4.78, 5) is 23.7. The Balaban J connectivity index is 1.61. The number of esters is 1. The molecule has 1 amide bonds. The molecule has 3 N–H and O–H groups in total. The highest BCUT2D eigenvalue weighted by atomic mass is 32.2. The van der Waals surface area contributed by atoms with Crippen LogP contribution in [0.5, 0.6) is 11.5 Å². The molecule has 0 spiro atoms. The fourth-order valence-electron chi connectivity index (χ4n) is 2.52. The summed E-state index contributed by atoms with van der Waals surface area (Å²) in [6.07, 6.45) is 2.17. The molecule has 1 atom stereocenters. The number of carbonyl (C=O) groups is 2. The monoisotopic (exact) mass is 414 g/mol. The van der Waals surface area contributed by atoms with Crippen molar-refractivity contribution in [1.29, 1.82) is 0 Å². The molecule has 0 saturated carbocycles. The van der Waals surface area contributed by atoms with Crippen LogP contribution in [0.25, 0.3) is 6.08 Å². The number of amides is 1. The summed E-state index contributed by atoms with van der Waals surface area (Å²) in [5.41, 5.74) is 7.56. The zero-order chi connectivity index (χ0) is 20.1. The van der Waals surface area contributed by atoms with E-state index in [2.05, 4.69) is 10.1 Å². The van der Waals surface area contributed by atoms with E-state index >= 15 is 0 Å². The molecule has 0 aliphatic carbocycles. The fourth-order valence-corrected chi connectivity index (χ4v) is 3.57. The molecule has 1 heterocycles. The molecule has 28 heavy (non-hydrogen) atoms. The number of hydrogen-bond donors (Lipinski definition) is 2. The Morgan fingerprint density at radius 2 is 1.79 bits per heavy atom. The summed E-state index contributed by atoms with van der Waals surface area (Å²) in [6, 6.07) is 14.0. The molecule has 6 nitrogen and oxygen atoms in total. The zero-order valence-corrected chi connectivity index (χ0v) is 16.6. The van der Waals surface area contributed by atoms with E-state index in [0.717, 1.165) is 11.1 Å². The second-order valence-electron chi connectivity index (χ2n) is 6.00. The van der Waals surface area contributed by atoms with E-state index in [4.69, 9.17) is 22.7 Å². The molecular weight excluding hydrogens is 396 g/mol. The maximum atomic E-state index is 11.7. The predicted octanol–water partition coefficient (Wildman–Crippen LogP) is 3.01. The second-order valence-corrected chi connectivity index (χ2v) is 7.72. The van der Waals surface area contributed by atoms with Gasteiger partial charge in [-0.3, -0.25) is 9.59 Å². The second kappa shape index (κ2) is 9.01. The van der Waals surface area contributed by atoms with Crippen LogP contribution in [0.15, 0.2) is 53.4 Å². The van der Waals surface area contributed by atoms with E-state index < -0.39 is 12.0 Å². The number of thioether (sulfide) groups is 1. The van der Waals surface area contributed by atoms with E-state index in [1.165, 1.54) is 18.9 Å². The van der Waals surface area contributed by atoms with E-state index in [1.807, 2.05) is 48.5 Å². The maximum absolute atomic E-state index is 11.7. The van der Waals surface area contributed by atoms with Crippen molar-refractivity contribution in [3.05, 3.63) is 64.6 Å². The molecule has 0 radical (unpaired) electrons. The normalized spacial score (nSPS) is 16.0. The number of ether oxygens (including phenoxy) is 2. The lowest BCUT2D eigenvalue weighted by atomic mass is 10.1. The van der Waals surface area contributed by atoms with E-state index in [9.17, 15) is 9.59 Å². The molecule has 3 rings (SSSR count). The first-order valence-corrected chi connectivity index (χ1v) is 9.62. The van der Waals surface area contributed by atoms with Crippen LogP contribution in [0.4, 0.5) is 0 Å². The highest BCUT2D eigenvalue weighted by Gasteiger charge is 2.21. The number of hydrogen-bond acceptors (Lipinski definition) is 7. The lowest BCUT2D eigenvalue weighted by molar-refractivity contribution is -0.142. The Bertz CT molecular complexity index is 924. The minimum atomic E-state index is -0.687. The van der Waals surface area contributed by atoms with E-state index in [0.29, 0.717) is 27.1 Å². The van der Waals surface area contributed by atoms with Crippen molar-refractivity contribution >= 4 is 46.3 Å². The molecule has 0 aromatic heterocycles. The molecule has 1 aliphatic rings. The minimum Gasteiger partial charge on any atom is -0.468 e. The van der Waals surface area contributed by atoms with Gasteiger partial charge >= 0.3 is 5.97 Å². The topological polar surface area (TPSA) is 90.7 Å². The summed E-state index contributed by atoms with van der Waals surface area (Å²) >= 11 is 6.22. The third-order valence-electron chi connectivity index (χ3n) is 3.94. The van der Waals surface area contributed by atoms with Crippen molar-refractivity contribution < 1.29 is 19.1 Å². The average molecular weight is 415 g/mol. The van der Waals surface area contributed by atoms with Crippen molar-refractivity contribution in [2.75, 3.05) is 7.11 Å². The van der Waals surface area contributed by atoms with Crippen molar-refractivity contribution in [2.45, 2.75) is 12.5 Å². The number of carbonyl (C=O) groups excluding carboxylic acids is 2. The molecule has 2 aromatic carbocycles. The highest BCUT2D eigenvalue weighted by molar-refractivity contribution is 8.26. The molecule has 2 aromatic rings. The van der Waals surface area contributed by atoms with Gasteiger partial charge in [-0.05, 0) is 47.9 Å². The van der Waals surface area contributed by atoms with Crippen LogP contribution in [0.2, 0.25) is 0 Å². The fraction of sp³-hybridized carbons (Fsp3) is 0.150. The lowest BCUT2D eigenvalue weighted by Crippen LogP contribution is -2.33. The standard InChI is InChI=1S/C20H18N2O4S2/c1-25-19(24)16(21)10-12-2-6-14(7-3-12)26-15-8-4-13(5-9-15)11-17-18(23)22-20(27)28-17/h2-9,11,16H,10,21H2,1H3,(H,22,23,27)/b17-11-. The molecule has 1 aliphatic heterocycles. The van der Waals surface area contributed by atoms with Gasteiger partial charge in [-0.15, -0.1) is 0 Å². The van der Waals surface area contributed by atoms with Gasteiger partial charge in [0.2, 0.25) is 0 Å². The van der Waals surface area contributed by atoms with Crippen LogP contribution >= 0.6 is 24.0 Å². The Kier molecular flexibility index (Phi) is 6.45. The number of methoxy groups -OCH3 is 1. The van der Waals surface area contributed by atoms with Gasteiger partial charge in [0.05, 0.1) is 12.0 Å². The van der Waals surface area contributed by atoms with Gasteiger partial charge in [-0.1, -0.05) is 48.2 Å². The lowest BCUT2D eigenvalue weighted by Gasteiger charge is -2.10. The zero-order valence-electron chi connectivity index (χ0n) is 15.0. The summed E-state index contributed by atoms with van der Waals surface area (Å²) in [5, 5.41) is 2.59. The van der Waals surface area contributed by atoms with E-state index in [-0.39, 0.29) is 5.91 Å². The van der Waals surface area contributed by atoms with Crippen molar-refractivity contribution in [1.82, 2.24) is 5.32 Å². The quantitative estimate of drug-likeness (QED) is 0.427. The van der Waals surface area contributed by atoms with Crippen molar-refractivity contribution in [3.63, 3.8) is 0 Å². The summed E-state index contributed by atoms with van der Waals surface area (Å²) in [7, 11) is 1.32. The Hall–Kier alpha value is -2.68. The minimum absolute atomic E-state index is 0.178. The molecule has 1 unspecified atom stereocenters. The first-order valence-electron chi connectivity index (χ1n) is 8.40. The van der Waals surface area contributed by atoms with E-state index in [1.54, 1.807) is 6.08 Å². The molecule has 1 saturated heterocycles. The molecular formula is C20H18N2O4S2. The predicted molar refractivity (Wildman–Crippen MR) is 113 cm³/mol. The number of nitrogens with one attached hydrogen (secondary N) is 1. The molecule has 144 valence electrons. The average Bonchev–Trinajstić information content (AvgIpc) is 3.01. The molecule has 8 heteroatoms. The van der Waals surface area contributed by atoms with Gasteiger partial charge in [0.25, 0.3) is 5.91 Å². The first-order chi connectivity index (χ1) is 13.4. The smallest absolute Gasteiger partial charge is 0.322 e. The van der Waals surface area contributed by atoms with Crippen LogP contribution in [-0.2, 0) is 20.7 Å².